The highest BCUT2D eigenvalue weighted by molar-refractivity contribution is 5.95. The summed E-state index contributed by atoms with van der Waals surface area (Å²) in [4.78, 5) is 22.8. The van der Waals surface area contributed by atoms with E-state index in [9.17, 15) is 4.79 Å². The molecule has 14 heavy (non-hydrogen) atoms. The van der Waals surface area contributed by atoms with E-state index in [1.807, 2.05) is 0 Å². The summed E-state index contributed by atoms with van der Waals surface area (Å²) in [5.41, 5.74) is 5.33. The molecule has 6 heteroatoms. The second-order valence-corrected chi connectivity index (χ2v) is 2.05. The first-order chi connectivity index (χ1) is 6.67. The Hall–Kier alpha value is -2.11. The van der Waals surface area contributed by atoms with Crippen LogP contribution in [0.5, 0.6) is 5.75 Å². The van der Waals surface area contributed by atoms with Gasteiger partial charge in [-0.1, -0.05) is 0 Å². The molecule has 0 saturated heterocycles. The third-order valence-electron chi connectivity index (χ3n) is 1.27. The molecule has 1 rings (SSSR count). The number of nitrogens with two attached hydrogens (primary N) is 1. The van der Waals surface area contributed by atoms with Crippen molar-refractivity contribution in [2.45, 2.75) is 0 Å². The highest BCUT2D eigenvalue weighted by Crippen LogP contribution is 2.14. The predicted octanol–water partition coefficient (Wildman–Crippen LogP) is -0.110. The molecule has 0 unspecified atom stereocenters. The van der Waals surface area contributed by atoms with E-state index in [1.54, 1.807) is 6.07 Å². The summed E-state index contributed by atoms with van der Waals surface area (Å²) in [5, 5.41) is 6.89. The minimum absolute atomic E-state index is 0.250. The van der Waals surface area contributed by atoms with E-state index in [2.05, 4.69) is 4.98 Å². The average Bonchev–Trinajstić information content (AvgIpc) is 2.19. The summed E-state index contributed by atoms with van der Waals surface area (Å²) in [5.74, 6) is -0.0811. The Morgan fingerprint density at radius 3 is 2.64 bits per heavy atom. The van der Waals surface area contributed by atoms with Crippen molar-refractivity contribution < 1.29 is 19.4 Å². The lowest BCUT2D eigenvalue weighted by atomic mass is 10.2. The molecule has 0 aromatic carbocycles. The summed E-state index contributed by atoms with van der Waals surface area (Å²) in [6, 6.07) is 1.58. The summed E-state index contributed by atoms with van der Waals surface area (Å²) in [7, 11) is 1.47. The number of primary amides is 1. The van der Waals surface area contributed by atoms with Crippen LogP contribution in [0, 0.1) is 0 Å². The fraction of sp³-hybridized carbons (Fsp3) is 0.125. The summed E-state index contributed by atoms with van der Waals surface area (Å²) >= 11 is 0. The number of rotatable bonds is 2. The average molecular weight is 198 g/mol. The molecule has 0 saturated carbocycles. The van der Waals surface area contributed by atoms with Crippen LogP contribution in [0.4, 0.5) is 0 Å². The van der Waals surface area contributed by atoms with E-state index in [0.717, 1.165) is 0 Å². The Morgan fingerprint density at radius 2 is 2.29 bits per heavy atom. The Bertz CT molecular complexity index is 314. The highest BCUT2D eigenvalue weighted by atomic mass is 16.5. The Balaban J connectivity index is 0.000000500. The number of carboxylic acid groups (broad SMARTS) is 1. The number of carbonyl (C=O) groups excluding carboxylic acids is 1. The van der Waals surface area contributed by atoms with Gasteiger partial charge in [0.15, 0.2) is 0 Å². The largest absolute Gasteiger partial charge is 0.496 e. The number of hydrogen-bond donors (Lipinski definition) is 2. The fourth-order valence-corrected chi connectivity index (χ4v) is 0.745. The van der Waals surface area contributed by atoms with Gasteiger partial charge in [0.25, 0.3) is 12.4 Å². The van der Waals surface area contributed by atoms with Crippen LogP contribution in [-0.2, 0) is 4.79 Å². The molecule has 1 aromatic heterocycles. The van der Waals surface area contributed by atoms with Crippen molar-refractivity contribution >= 4 is 12.4 Å². The number of amides is 1. The molecule has 1 amide bonds. The highest BCUT2D eigenvalue weighted by Gasteiger charge is 2.06. The zero-order valence-corrected chi connectivity index (χ0v) is 7.51. The quantitative estimate of drug-likeness (QED) is 0.645. The smallest absolute Gasteiger partial charge is 0.290 e. The molecule has 0 spiro atoms. The Kier molecular flexibility index (Phi) is 5.44. The maximum absolute atomic E-state index is 10.7. The number of carbonyl (C=O) groups is 2. The molecule has 0 aliphatic heterocycles. The molecule has 0 aliphatic rings. The van der Waals surface area contributed by atoms with Crippen molar-refractivity contribution in [2.24, 2.45) is 5.73 Å². The van der Waals surface area contributed by atoms with E-state index in [0.29, 0.717) is 11.3 Å². The lowest BCUT2D eigenvalue weighted by Gasteiger charge is -2.02. The molecule has 1 heterocycles. The third kappa shape index (κ3) is 3.53. The maximum atomic E-state index is 10.7. The second kappa shape index (κ2) is 6.41. The zero-order valence-electron chi connectivity index (χ0n) is 7.51. The monoisotopic (exact) mass is 198 g/mol. The van der Waals surface area contributed by atoms with Crippen molar-refractivity contribution in [2.75, 3.05) is 7.11 Å². The van der Waals surface area contributed by atoms with Crippen molar-refractivity contribution in [3.63, 3.8) is 0 Å². The first kappa shape index (κ1) is 11.9. The van der Waals surface area contributed by atoms with Crippen LogP contribution in [0.15, 0.2) is 18.5 Å². The van der Waals surface area contributed by atoms with Gasteiger partial charge >= 0.3 is 0 Å². The maximum Gasteiger partial charge on any atom is 0.290 e. The van der Waals surface area contributed by atoms with Gasteiger partial charge in [-0.15, -0.1) is 0 Å². The number of nitrogens with zero attached hydrogens (tertiary/aromatic N) is 1. The Morgan fingerprint density at radius 1 is 1.71 bits per heavy atom. The van der Waals surface area contributed by atoms with E-state index >= 15 is 0 Å². The van der Waals surface area contributed by atoms with Gasteiger partial charge in [0, 0.05) is 12.4 Å². The van der Waals surface area contributed by atoms with Crippen molar-refractivity contribution in [3.8, 4) is 5.75 Å². The normalized spacial score (nSPS) is 8.07. The number of pyridine rings is 1. The molecular formula is C8H10N2O4. The van der Waals surface area contributed by atoms with Gasteiger partial charge in [-0.2, -0.15) is 0 Å². The van der Waals surface area contributed by atoms with Crippen molar-refractivity contribution in [3.05, 3.63) is 24.0 Å². The van der Waals surface area contributed by atoms with Gasteiger partial charge in [-0.3, -0.25) is 14.6 Å². The lowest BCUT2D eigenvalue weighted by molar-refractivity contribution is -0.122. The van der Waals surface area contributed by atoms with Crippen LogP contribution in [0.2, 0.25) is 0 Å². The third-order valence-corrected chi connectivity index (χ3v) is 1.27. The zero-order chi connectivity index (χ0) is 11.0. The van der Waals surface area contributed by atoms with Gasteiger partial charge < -0.3 is 15.6 Å². The molecule has 1 aromatic rings. The van der Waals surface area contributed by atoms with Crippen LogP contribution in [0.25, 0.3) is 0 Å². The molecule has 0 aliphatic carbocycles. The first-order valence-corrected chi connectivity index (χ1v) is 3.53. The number of aromatic nitrogens is 1. The summed E-state index contributed by atoms with van der Waals surface area (Å²) in [6.07, 6.45) is 2.91. The van der Waals surface area contributed by atoms with E-state index in [1.165, 1.54) is 19.5 Å². The van der Waals surface area contributed by atoms with Gasteiger partial charge in [0.1, 0.15) is 5.75 Å². The van der Waals surface area contributed by atoms with Crippen LogP contribution >= 0.6 is 0 Å². The number of ether oxygens (including phenoxy) is 1. The predicted molar refractivity (Wildman–Crippen MR) is 48.0 cm³/mol. The molecule has 0 fully saturated rings. The van der Waals surface area contributed by atoms with Crippen LogP contribution in [0.1, 0.15) is 10.4 Å². The van der Waals surface area contributed by atoms with Crippen molar-refractivity contribution in [1.29, 1.82) is 0 Å². The molecule has 0 atom stereocenters. The minimum Gasteiger partial charge on any atom is -0.496 e. The topological polar surface area (TPSA) is 103 Å². The summed E-state index contributed by atoms with van der Waals surface area (Å²) in [6.45, 7) is -0.250. The SMILES string of the molecule is COc1ccncc1C(N)=O.O=CO. The lowest BCUT2D eigenvalue weighted by Crippen LogP contribution is -2.12. The minimum atomic E-state index is -0.532. The van der Waals surface area contributed by atoms with Crippen LogP contribution < -0.4 is 10.5 Å². The van der Waals surface area contributed by atoms with E-state index in [-0.39, 0.29) is 6.47 Å². The molecular weight excluding hydrogens is 188 g/mol. The molecule has 76 valence electrons. The van der Waals surface area contributed by atoms with Crippen LogP contribution in [-0.4, -0.2) is 29.6 Å². The first-order valence-electron chi connectivity index (χ1n) is 3.53. The second-order valence-electron chi connectivity index (χ2n) is 2.05. The summed E-state index contributed by atoms with van der Waals surface area (Å²) < 4.78 is 4.87. The molecule has 3 N–H and O–H groups in total. The van der Waals surface area contributed by atoms with Crippen LogP contribution in [0.3, 0.4) is 0 Å². The Labute approximate surface area is 80.3 Å². The fourth-order valence-electron chi connectivity index (χ4n) is 0.745. The van der Waals surface area contributed by atoms with Gasteiger partial charge in [0.2, 0.25) is 0 Å². The number of methoxy groups -OCH3 is 1. The van der Waals surface area contributed by atoms with E-state index < -0.39 is 5.91 Å². The van der Waals surface area contributed by atoms with Gasteiger partial charge in [0.05, 0.1) is 12.7 Å². The number of hydrogen-bond acceptors (Lipinski definition) is 4. The van der Waals surface area contributed by atoms with Gasteiger partial charge in [-0.05, 0) is 6.07 Å². The molecule has 0 radical (unpaired) electrons. The van der Waals surface area contributed by atoms with E-state index in [4.69, 9.17) is 20.4 Å². The van der Waals surface area contributed by atoms with Gasteiger partial charge in [-0.25, -0.2) is 0 Å². The molecule has 6 nitrogen and oxygen atoms in total. The van der Waals surface area contributed by atoms with Crippen molar-refractivity contribution in [1.82, 2.24) is 4.98 Å². The molecule has 0 bridgehead atoms. The standard InChI is InChI=1S/C7H8N2O2.CH2O2/c1-11-6-2-3-9-4-5(6)7(8)10;2-1-3/h2-4H,1H3,(H2,8,10);1H,(H,2,3).